The van der Waals surface area contributed by atoms with Gasteiger partial charge in [-0.3, -0.25) is 10.1 Å². The first-order valence-corrected chi connectivity index (χ1v) is 6.35. The highest BCUT2D eigenvalue weighted by atomic mass is 32.2. The first-order chi connectivity index (χ1) is 8.65. The largest absolute Gasteiger partial charge is 0.399 e. The number of nitrogens with zero attached hydrogens (tertiary/aromatic N) is 1. The summed E-state index contributed by atoms with van der Waals surface area (Å²) in [7, 11) is 0. The molecule has 0 fully saturated rings. The van der Waals surface area contributed by atoms with Crippen LogP contribution in [0.5, 0.6) is 0 Å². The third-order valence-corrected chi connectivity index (χ3v) is 3.49. The summed E-state index contributed by atoms with van der Waals surface area (Å²) in [5.74, 6) is 0.700. The summed E-state index contributed by atoms with van der Waals surface area (Å²) >= 11 is 1.62. The lowest BCUT2D eigenvalue weighted by atomic mass is 10.2. The Kier molecular flexibility index (Phi) is 3.84. The number of nitrogens with two attached hydrogens (primary N) is 1. The molecule has 0 radical (unpaired) electrons. The average molecular weight is 260 g/mol. The van der Waals surface area contributed by atoms with E-state index in [4.69, 9.17) is 5.73 Å². The highest BCUT2D eigenvalue weighted by molar-refractivity contribution is 7.98. The van der Waals surface area contributed by atoms with Gasteiger partial charge in [-0.1, -0.05) is 12.1 Å². The molecule has 2 aromatic carbocycles. The van der Waals surface area contributed by atoms with Crippen LogP contribution in [-0.2, 0) is 5.75 Å². The van der Waals surface area contributed by atoms with Crippen molar-refractivity contribution in [2.45, 2.75) is 10.6 Å². The molecule has 0 aromatic heterocycles. The van der Waals surface area contributed by atoms with Crippen molar-refractivity contribution in [3.8, 4) is 0 Å². The summed E-state index contributed by atoms with van der Waals surface area (Å²) in [6.07, 6.45) is 0. The second kappa shape index (κ2) is 5.55. The van der Waals surface area contributed by atoms with Crippen molar-refractivity contribution in [2.75, 3.05) is 5.73 Å². The Morgan fingerprint density at radius 1 is 1.17 bits per heavy atom. The minimum Gasteiger partial charge on any atom is -0.399 e. The Labute approximate surface area is 109 Å². The number of hydrogen-bond acceptors (Lipinski definition) is 4. The smallest absolute Gasteiger partial charge is 0.269 e. The molecule has 0 atom stereocenters. The molecule has 0 spiro atoms. The fraction of sp³-hybridized carbons (Fsp3) is 0.0769. The van der Waals surface area contributed by atoms with Crippen LogP contribution < -0.4 is 5.73 Å². The van der Waals surface area contributed by atoms with Crippen molar-refractivity contribution in [1.29, 1.82) is 0 Å². The van der Waals surface area contributed by atoms with E-state index in [0.717, 1.165) is 16.1 Å². The van der Waals surface area contributed by atoms with Gasteiger partial charge in [0.25, 0.3) is 5.69 Å². The first-order valence-electron chi connectivity index (χ1n) is 5.37. The van der Waals surface area contributed by atoms with E-state index in [0.29, 0.717) is 5.75 Å². The van der Waals surface area contributed by atoms with Crippen LogP contribution in [-0.4, -0.2) is 4.92 Å². The third-order valence-electron chi connectivity index (χ3n) is 2.41. The van der Waals surface area contributed by atoms with Gasteiger partial charge in [0.1, 0.15) is 0 Å². The number of nitrogen functional groups attached to an aromatic ring is 1. The maximum atomic E-state index is 10.6. The molecule has 18 heavy (non-hydrogen) atoms. The molecule has 5 heteroatoms. The van der Waals surface area contributed by atoms with Gasteiger partial charge >= 0.3 is 0 Å². The van der Waals surface area contributed by atoms with Crippen molar-refractivity contribution >= 4 is 23.1 Å². The molecular weight excluding hydrogens is 248 g/mol. The number of non-ortho nitro benzene ring substituents is 1. The van der Waals surface area contributed by atoms with E-state index in [-0.39, 0.29) is 10.6 Å². The quantitative estimate of drug-likeness (QED) is 0.395. The van der Waals surface area contributed by atoms with Gasteiger partial charge in [0, 0.05) is 28.5 Å². The van der Waals surface area contributed by atoms with Crippen LogP contribution in [0.2, 0.25) is 0 Å². The highest BCUT2D eigenvalue weighted by Crippen LogP contribution is 2.25. The Bertz CT molecular complexity index is 555. The van der Waals surface area contributed by atoms with Crippen LogP contribution in [0.1, 0.15) is 5.56 Å². The zero-order valence-corrected chi connectivity index (χ0v) is 10.4. The van der Waals surface area contributed by atoms with E-state index >= 15 is 0 Å². The predicted octanol–water partition coefficient (Wildman–Crippen LogP) is 3.47. The fourth-order valence-corrected chi connectivity index (χ4v) is 2.33. The molecule has 0 saturated carbocycles. The second-order valence-corrected chi connectivity index (χ2v) is 4.83. The van der Waals surface area contributed by atoms with E-state index < -0.39 is 0 Å². The lowest BCUT2D eigenvalue weighted by molar-refractivity contribution is -0.384. The minimum atomic E-state index is -0.378. The van der Waals surface area contributed by atoms with Gasteiger partial charge in [0.15, 0.2) is 0 Å². The molecule has 0 heterocycles. The van der Waals surface area contributed by atoms with Crippen molar-refractivity contribution in [3.63, 3.8) is 0 Å². The first kappa shape index (κ1) is 12.4. The number of hydrogen-bond donors (Lipinski definition) is 1. The molecule has 92 valence electrons. The molecule has 0 amide bonds. The average Bonchev–Trinajstić information content (AvgIpc) is 2.38. The third kappa shape index (κ3) is 3.24. The standard InChI is InChI=1S/C13H12N2O2S/c14-11-4-6-13(7-5-11)18-9-10-2-1-3-12(8-10)15(16)17/h1-8H,9,14H2. The predicted molar refractivity (Wildman–Crippen MR) is 73.5 cm³/mol. The van der Waals surface area contributed by atoms with E-state index in [1.165, 1.54) is 6.07 Å². The van der Waals surface area contributed by atoms with Gasteiger partial charge in [-0.15, -0.1) is 11.8 Å². The van der Waals surface area contributed by atoms with Gasteiger partial charge in [0.05, 0.1) is 4.92 Å². The van der Waals surface area contributed by atoms with Crippen molar-refractivity contribution in [2.24, 2.45) is 0 Å². The topological polar surface area (TPSA) is 69.2 Å². The van der Waals surface area contributed by atoms with E-state index in [1.54, 1.807) is 23.9 Å². The Hall–Kier alpha value is -2.01. The zero-order chi connectivity index (χ0) is 13.0. The molecular formula is C13H12N2O2S. The summed E-state index contributed by atoms with van der Waals surface area (Å²) in [5.41, 5.74) is 7.40. The summed E-state index contributed by atoms with van der Waals surface area (Å²) < 4.78 is 0. The SMILES string of the molecule is Nc1ccc(SCc2cccc([N+](=O)[O-])c2)cc1. The monoisotopic (exact) mass is 260 g/mol. The maximum absolute atomic E-state index is 10.6. The minimum absolute atomic E-state index is 0.130. The van der Waals surface area contributed by atoms with Gasteiger partial charge in [-0.05, 0) is 29.8 Å². The molecule has 0 aliphatic heterocycles. The van der Waals surface area contributed by atoms with Crippen LogP contribution in [0, 0.1) is 10.1 Å². The van der Waals surface area contributed by atoms with E-state index in [9.17, 15) is 10.1 Å². The molecule has 4 nitrogen and oxygen atoms in total. The van der Waals surface area contributed by atoms with Crippen molar-refractivity contribution in [3.05, 3.63) is 64.2 Å². The van der Waals surface area contributed by atoms with Crippen molar-refractivity contribution < 1.29 is 4.92 Å². The Morgan fingerprint density at radius 2 is 1.89 bits per heavy atom. The van der Waals surface area contributed by atoms with Gasteiger partial charge < -0.3 is 5.73 Å². The number of nitro benzene ring substituents is 1. The van der Waals surface area contributed by atoms with Gasteiger partial charge in [0.2, 0.25) is 0 Å². The molecule has 0 aliphatic rings. The number of benzene rings is 2. The van der Waals surface area contributed by atoms with Crippen LogP contribution in [0.25, 0.3) is 0 Å². The molecule has 0 bridgehead atoms. The van der Waals surface area contributed by atoms with Crippen LogP contribution in [0.3, 0.4) is 0 Å². The lowest BCUT2D eigenvalue weighted by Gasteiger charge is -2.02. The highest BCUT2D eigenvalue weighted by Gasteiger charge is 2.05. The van der Waals surface area contributed by atoms with Crippen molar-refractivity contribution in [1.82, 2.24) is 0 Å². The molecule has 0 aliphatic carbocycles. The summed E-state index contributed by atoms with van der Waals surface area (Å²) in [5, 5.41) is 10.6. The van der Waals surface area contributed by atoms with E-state index in [1.807, 2.05) is 30.3 Å². The molecule has 2 aromatic rings. The summed E-state index contributed by atoms with van der Waals surface area (Å²) in [6.45, 7) is 0. The van der Waals surface area contributed by atoms with Crippen LogP contribution in [0.4, 0.5) is 11.4 Å². The summed E-state index contributed by atoms with van der Waals surface area (Å²) in [6, 6.07) is 14.3. The van der Waals surface area contributed by atoms with Crippen LogP contribution >= 0.6 is 11.8 Å². The molecule has 2 rings (SSSR count). The fourth-order valence-electron chi connectivity index (χ4n) is 1.49. The van der Waals surface area contributed by atoms with Gasteiger partial charge in [-0.2, -0.15) is 0 Å². The van der Waals surface area contributed by atoms with E-state index in [2.05, 4.69) is 0 Å². The zero-order valence-electron chi connectivity index (χ0n) is 9.58. The Morgan fingerprint density at radius 3 is 2.56 bits per heavy atom. The van der Waals surface area contributed by atoms with Crippen LogP contribution in [0.15, 0.2) is 53.4 Å². The molecule has 0 unspecified atom stereocenters. The number of rotatable bonds is 4. The number of anilines is 1. The molecule has 0 saturated heterocycles. The second-order valence-electron chi connectivity index (χ2n) is 3.78. The van der Waals surface area contributed by atoms with Gasteiger partial charge in [-0.25, -0.2) is 0 Å². The lowest BCUT2D eigenvalue weighted by Crippen LogP contribution is -1.89. The maximum Gasteiger partial charge on any atom is 0.269 e. The number of nitro groups is 1. The normalized spacial score (nSPS) is 10.2. The number of thioether (sulfide) groups is 1. The Balaban J connectivity index is 2.04. The summed E-state index contributed by atoms with van der Waals surface area (Å²) in [4.78, 5) is 11.4. The molecule has 2 N–H and O–H groups in total.